The first-order chi connectivity index (χ1) is 13.9. The fraction of sp³-hybridized carbons (Fsp3) is 0.391. The third kappa shape index (κ3) is 6.52. The number of hydrogen-bond acceptors (Lipinski definition) is 5. The Labute approximate surface area is 172 Å². The second kappa shape index (κ2) is 11.1. The number of ether oxygens (including phenoxy) is 2. The van der Waals surface area contributed by atoms with Crippen LogP contribution in [0.1, 0.15) is 48.5 Å². The van der Waals surface area contributed by atoms with Gasteiger partial charge in [0.15, 0.2) is 0 Å². The van der Waals surface area contributed by atoms with Crippen LogP contribution in [0.3, 0.4) is 0 Å². The number of carbonyl (C=O) groups is 2. The van der Waals surface area contributed by atoms with Gasteiger partial charge in [-0.15, -0.1) is 0 Å². The monoisotopic (exact) mass is 398 g/mol. The standard InChI is InChI=1S/C23H30N2O4/c1-4-28-22(26)12-6-5-9-15-29-21-16-17(2)13-14-20(21)25(3)23(27)18-10-7-8-11-19(18)24/h7-8,10-11,13-14,16H,4-6,9,12,15,24H2,1-3H3. The number of unbranched alkanes of at least 4 members (excludes halogenated alkanes) is 2. The first-order valence-electron chi connectivity index (χ1n) is 9.95. The molecule has 0 spiro atoms. The molecule has 6 nitrogen and oxygen atoms in total. The van der Waals surface area contributed by atoms with E-state index in [2.05, 4.69) is 0 Å². The van der Waals surface area contributed by atoms with Crippen molar-refractivity contribution in [3.8, 4) is 5.75 Å². The van der Waals surface area contributed by atoms with E-state index in [0.29, 0.717) is 42.3 Å². The number of nitrogens with two attached hydrogens (primary N) is 1. The molecule has 0 aliphatic carbocycles. The van der Waals surface area contributed by atoms with Crippen LogP contribution < -0.4 is 15.4 Å². The Morgan fingerprint density at radius 2 is 1.83 bits per heavy atom. The van der Waals surface area contributed by atoms with Crippen LogP contribution in [-0.2, 0) is 9.53 Å². The highest BCUT2D eigenvalue weighted by Gasteiger charge is 2.19. The van der Waals surface area contributed by atoms with Crippen molar-refractivity contribution in [2.45, 2.75) is 39.5 Å². The molecule has 0 aromatic heterocycles. The van der Waals surface area contributed by atoms with Gasteiger partial charge in [-0.2, -0.15) is 0 Å². The lowest BCUT2D eigenvalue weighted by molar-refractivity contribution is -0.143. The molecule has 0 saturated carbocycles. The minimum atomic E-state index is -0.189. The first kappa shape index (κ1) is 22.3. The van der Waals surface area contributed by atoms with Crippen LogP contribution in [0.4, 0.5) is 11.4 Å². The van der Waals surface area contributed by atoms with E-state index in [-0.39, 0.29) is 11.9 Å². The van der Waals surface area contributed by atoms with Gasteiger partial charge in [-0.05, 0) is 62.9 Å². The Hall–Kier alpha value is -3.02. The predicted octanol–water partition coefficient (Wildman–Crippen LogP) is 4.36. The smallest absolute Gasteiger partial charge is 0.305 e. The van der Waals surface area contributed by atoms with Gasteiger partial charge in [0.05, 0.1) is 24.5 Å². The Balaban J connectivity index is 1.97. The van der Waals surface area contributed by atoms with Gasteiger partial charge in [0, 0.05) is 19.2 Å². The molecule has 29 heavy (non-hydrogen) atoms. The number of carbonyl (C=O) groups excluding carboxylic acids is 2. The zero-order valence-corrected chi connectivity index (χ0v) is 17.4. The summed E-state index contributed by atoms with van der Waals surface area (Å²) in [6.45, 7) is 4.71. The molecule has 6 heteroatoms. The molecule has 2 rings (SSSR count). The molecule has 0 aliphatic heterocycles. The van der Waals surface area contributed by atoms with Crippen molar-refractivity contribution in [3.63, 3.8) is 0 Å². The summed E-state index contributed by atoms with van der Waals surface area (Å²) in [5, 5.41) is 0. The van der Waals surface area contributed by atoms with Gasteiger partial charge in [0.1, 0.15) is 5.75 Å². The van der Waals surface area contributed by atoms with Crippen LogP contribution >= 0.6 is 0 Å². The van der Waals surface area contributed by atoms with Gasteiger partial charge in [-0.3, -0.25) is 9.59 Å². The molecule has 2 N–H and O–H groups in total. The van der Waals surface area contributed by atoms with Gasteiger partial charge in [-0.1, -0.05) is 18.2 Å². The average Bonchev–Trinajstić information content (AvgIpc) is 2.70. The van der Waals surface area contributed by atoms with E-state index in [1.54, 1.807) is 43.1 Å². The van der Waals surface area contributed by atoms with E-state index in [4.69, 9.17) is 15.2 Å². The molecule has 2 aromatic rings. The number of rotatable bonds is 10. The van der Waals surface area contributed by atoms with Crippen LogP contribution in [0.25, 0.3) is 0 Å². The highest BCUT2D eigenvalue weighted by Crippen LogP contribution is 2.30. The summed E-state index contributed by atoms with van der Waals surface area (Å²) in [6.07, 6.45) is 2.89. The van der Waals surface area contributed by atoms with Crippen molar-refractivity contribution in [2.75, 3.05) is 30.9 Å². The molecule has 0 radical (unpaired) electrons. The Morgan fingerprint density at radius 1 is 1.07 bits per heavy atom. The van der Waals surface area contributed by atoms with Crippen molar-refractivity contribution in [1.82, 2.24) is 0 Å². The molecule has 0 fully saturated rings. The molecule has 0 heterocycles. The van der Waals surface area contributed by atoms with Crippen LogP contribution in [0.2, 0.25) is 0 Å². The third-order valence-corrected chi connectivity index (χ3v) is 4.56. The molecular weight excluding hydrogens is 368 g/mol. The number of aryl methyl sites for hydroxylation is 1. The lowest BCUT2D eigenvalue weighted by Crippen LogP contribution is -2.27. The van der Waals surface area contributed by atoms with Crippen LogP contribution in [0.5, 0.6) is 5.75 Å². The molecule has 0 saturated heterocycles. The van der Waals surface area contributed by atoms with Gasteiger partial charge in [-0.25, -0.2) is 0 Å². The molecule has 1 amide bonds. The Bertz CT molecular complexity index is 835. The van der Waals surface area contributed by atoms with Crippen LogP contribution in [-0.4, -0.2) is 32.1 Å². The zero-order valence-electron chi connectivity index (χ0n) is 17.4. The highest BCUT2D eigenvalue weighted by atomic mass is 16.5. The number of esters is 1. The molecule has 0 aliphatic rings. The quantitative estimate of drug-likeness (QED) is 0.365. The number of nitrogen functional groups attached to an aromatic ring is 1. The number of para-hydroxylation sites is 1. The van der Waals surface area contributed by atoms with Crippen molar-refractivity contribution in [3.05, 3.63) is 53.6 Å². The van der Waals surface area contributed by atoms with E-state index in [1.165, 1.54) is 0 Å². The average molecular weight is 399 g/mol. The number of nitrogens with zero attached hydrogens (tertiary/aromatic N) is 1. The molecule has 0 unspecified atom stereocenters. The van der Waals surface area contributed by atoms with E-state index >= 15 is 0 Å². The van der Waals surface area contributed by atoms with Gasteiger partial charge < -0.3 is 20.1 Å². The lowest BCUT2D eigenvalue weighted by atomic mass is 10.1. The summed E-state index contributed by atoms with van der Waals surface area (Å²) in [4.78, 5) is 25.8. The van der Waals surface area contributed by atoms with E-state index in [9.17, 15) is 9.59 Å². The lowest BCUT2D eigenvalue weighted by Gasteiger charge is -2.22. The van der Waals surface area contributed by atoms with Crippen molar-refractivity contribution < 1.29 is 19.1 Å². The van der Waals surface area contributed by atoms with Crippen molar-refractivity contribution in [2.24, 2.45) is 0 Å². The number of benzene rings is 2. The summed E-state index contributed by atoms with van der Waals surface area (Å²) in [6, 6.07) is 12.8. The van der Waals surface area contributed by atoms with Gasteiger partial charge in [0.25, 0.3) is 5.91 Å². The van der Waals surface area contributed by atoms with Crippen LogP contribution in [0.15, 0.2) is 42.5 Å². The van der Waals surface area contributed by atoms with Gasteiger partial charge >= 0.3 is 5.97 Å². The summed E-state index contributed by atoms with van der Waals surface area (Å²) in [7, 11) is 1.71. The minimum Gasteiger partial charge on any atom is -0.491 e. The second-order valence-electron chi connectivity index (χ2n) is 6.89. The van der Waals surface area contributed by atoms with E-state index in [0.717, 1.165) is 24.8 Å². The van der Waals surface area contributed by atoms with E-state index in [1.807, 2.05) is 25.1 Å². The molecule has 156 valence electrons. The maximum Gasteiger partial charge on any atom is 0.305 e. The Morgan fingerprint density at radius 3 is 2.55 bits per heavy atom. The predicted molar refractivity (Wildman–Crippen MR) is 115 cm³/mol. The molecule has 2 aromatic carbocycles. The molecule has 0 bridgehead atoms. The number of anilines is 2. The topological polar surface area (TPSA) is 81.9 Å². The van der Waals surface area contributed by atoms with Crippen molar-refractivity contribution >= 4 is 23.3 Å². The Kier molecular flexibility index (Phi) is 8.52. The summed E-state index contributed by atoms with van der Waals surface area (Å²) >= 11 is 0. The molecule has 0 atom stereocenters. The fourth-order valence-corrected chi connectivity index (χ4v) is 2.96. The maximum absolute atomic E-state index is 12.9. The fourth-order valence-electron chi connectivity index (χ4n) is 2.96. The van der Waals surface area contributed by atoms with Crippen molar-refractivity contribution in [1.29, 1.82) is 0 Å². The van der Waals surface area contributed by atoms with E-state index < -0.39 is 0 Å². The second-order valence-corrected chi connectivity index (χ2v) is 6.89. The SMILES string of the molecule is CCOC(=O)CCCCCOc1cc(C)ccc1N(C)C(=O)c1ccccc1N. The normalized spacial score (nSPS) is 10.4. The number of amides is 1. The zero-order chi connectivity index (χ0) is 21.2. The summed E-state index contributed by atoms with van der Waals surface area (Å²) < 4.78 is 10.9. The summed E-state index contributed by atoms with van der Waals surface area (Å²) in [5.41, 5.74) is 8.60. The first-order valence-corrected chi connectivity index (χ1v) is 9.95. The largest absolute Gasteiger partial charge is 0.491 e. The van der Waals surface area contributed by atoms with Crippen LogP contribution in [0, 0.1) is 6.92 Å². The summed E-state index contributed by atoms with van der Waals surface area (Å²) in [5.74, 6) is 0.307. The third-order valence-electron chi connectivity index (χ3n) is 4.56. The van der Waals surface area contributed by atoms with Gasteiger partial charge in [0.2, 0.25) is 0 Å². The highest BCUT2D eigenvalue weighted by molar-refractivity contribution is 6.09. The molecular formula is C23H30N2O4. The number of hydrogen-bond donors (Lipinski definition) is 1. The minimum absolute atomic E-state index is 0.158. The maximum atomic E-state index is 12.9.